The van der Waals surface area contributed by atoms with Crippen LogP contribution in [0.25, 0.3) is 16.9 Å². The van der Waals surface area contributed by atoms with E-state index in [4.69, 9.17) is 10.1 Å². The average molecular weight is 429 g/mol. The number of nitrogens with zero attached hydrogens (tertiary/aromatic N) is 6. The minimum atomic E-state index is 0.740. The molecule has 0 bridgehead atoms. The van der Waals surface area contributed by atoms with Crippen molar-refractivity contribution in [3.05, 3.63) is 71.8 Å². The predicted molar refractivity (Wildman–Crippen MR) is 128 cm³/mol. The third-order valence-electron chi connectivity index (χ3n) is 6.31. The highest BCUT2D eigenvalue weighted by molar-refractivity contribution is 5.61. The quantitative estimate of drug-likeness (QED) is 0.390. The molecule has 3 aromatic heterocycles. The Bertz CT molecular complexity index is 1150. The van der Waals surface area contributed by atoms with Crippen molar-refractivity contribution < 1.29 is 0 Å². The van der Waals surface area contributed by atoms with E-state index in [1.54, 1.807) is 0 Å². The van der Waals surface area contributed by atoms with Crippen LogP contribution in [-0.4, -0.2) is 48.9 Å². The standard InChI is InChI=1S/C26H32N6/c1-2-14-31-20-23(19-27-31)24-8-5-9-26-28-25(29-32(24)26)18-22-12-10-21(11-13-22)7-6-17-30-15-3-4-16-30/h5,8-13,19-20H,2-4,6-7,14-18H2,1H3. The highest BCUT2D eigenvalue weighted by atomic mass is 15.3. The van der Waals surface area contributed by atoms with Gasteiger partial charge in [0, 0.05) is 24.7 Å². The number of rotatable bonds is 9. The maximum absolute atomic E-state index is 4.82. The topological polar surface area (TPSA) is 51.2 Å². The van der Waals surface area contributed by atoms with Gasteiger partial charge in [0.25, 0.3) is 0 Å². The predicted octanol–water partition coefficient (Wildman–Crippen LogP) is 4.62. The first-order valence-electron chi connectivity index (χ1n) is 12.0. The molecule has 6 heteroatoms. The zero-order chi connectivity index (χ0) is 21.8. The fraction of sp³-hybridized carbons (Fsp3) is 0.423. The Morgan fingerprint density at radius 1 is 0.938 bits per heavy atom. The summed E-state index contributed by atoms with van der Waals surface area (Å²) in [5, 5.41) is 9.29. The zero-order valence-electron chi connectivity index (χ0n) is 19.0. The average Bonchev–Trinajstić information content (AvgIpc) is 3.56. The molecule has 4 aromatic rings. The fourth-order valence-corrected chi connectivity index (χ4v) is 4.61. The lowest BCUT2D eigenvalue weighted by atomic mass is 10.1. The Labute approximate surface area is 189 Å². The summed E-state index contributed by atoms with van der Waals surface area (Å²) in [6.07, 6.45) is 10.9. The van der Waals surface area contributed by atoms with Gasteiger partial charge in [-0.05, 0) is 75.0 Å². The van der Waals surface area contributed by atoms with E-state index in [9.17, 15) is 0 Å². The Morgan fingerprint density at radius 3 is 2.56 bits per heavy atom. The number of aromatic nitrogens is 5. The van der Waals surface area contributed by atoms with Gasteiger partial charge >= 0.3 is 0 Å². The first-order chi connectivity index (χ1) is 15.8. The molecule has 0 atom stereocenters. The van der Waals surface area contributed by atoms with Gasteiger partial charge in [-0.1, -0.05) is 37.3 Å². The summed E-state index contributed by atoms with van der Waals surface area (Å²) >= 11 is 0. The van der Waals surface area contributed by atoms with Crippen molar-refractivity contribution in [2.24, 2.45) is 0 Å². The second-order valence-corrected chi connectivity index (χ2v) is 8.85. The van der Waals surface area contributed by atoms with Crippen LogP contribution in [0.2, 0.25) is 0 Å². The minimum Gasteiger partial charge on any atom is -0.303 e. The molecule has 166 valence electrons. The first kappa shape index (κ1) is 20.9. The van der Waals surface area contributed by atoms with Crippen molar-refractivity contribution in [1.29, 1.82) is 0 Å². The van der Waals surface area contributed by atoms with Gasteiger partial charge in [-0.3, -0.25) is 4.68 Å². The molecule has 0 amide bonds. The van der Waals surface area contributed by atoms with Crippen LogP contribution in [0.1, 0.15) is 49.6 Å². The first-order valence-corrected chi connectivity index (χ1v) is 12.0. The molecule has 1 aliphatic heterocycles. The van der Waals surface area contributed by atoms with Gasteiger partial charge in [-0.25, -0.2) is 9.50 Å². The maximum Gasteiger partial charge on any atom is 0.156 e. The molecular formula is C26H32N6. The Kier molecular flexibility index (Phi) is 6.30. The largest absolute Gasteiger partial charge is 0.303 e. The molecule has 0 N–H and O–H groups in total. The van der Waals surface area contributed by atoms with Crippen LogP contribution in [-0.2, 0) is 19.4 Å². The summed E-state index contributed by atoms with van der Waals surface area (Å²) in [5.41, 5.74) is 5.64. The Balaban J connectivity index is 1.26. The SMILES string of the molecule is CCCn1cc(-c2cccc3nc(Cc4ccc(CCCN5CCCC5)cc4)nn23)cn1. The van der Waals surface area contributed by atoms with Gasteiger partial charge in [0.05, 0.1) is 11.9 Å². The summed E-state index contributed by atoms with van der Waals surface area (Å²) in [6, 6.07) is 15.1. The van der Waals surface area contributed by atoms with Crippen LogP contribution in [0.3, 0.4) is 0 Å². The van der Waals surface area contributed by atoms with Crippen LogP contribution >= 0.6 is 0 Å². The van der Waals surface area contributed by atoms with Crippen molar-refractivity contribution >= 4 is 5.65 Å². The van der Waals surface area contributed by atoms with Crippen LogP contribution in [0, 0.1) is 0 Å². The van der Waals surface area contributed by atoms with E-state index < -0.39 is 0 Å². The monoisotopic (exact) mass is 428 g/mol. The smallest absolute Gasteiger partial charge is 0.156 e. The third kappa shape index (κ3) is 4.75. The minimum absolute atomic E-state index is 0.740. The molecule has 0 saturated carbocycles. The van der Waals surface area contributed by atoms with Crippen molar-refractivity contribution in [2.45, 2.75) is 52.0 Å². The normalized spacial score (nSPS) is 14.5. The number of pyridine rings is 1. The van der Waals surface area contributed by atoms with Gasteiger partial charge in [0.2, 0.25) is 0 Å². The summed E-state index contributed by atoms with van der Waals surface area (Å²) < 4.78 is 3.92. The maximum atomic E-state index is 4.82. The van der Waals surface area contributed by atoms with Crippen LogP contribution in [0.4, 0.5) is 0 Å². The van der Waals surface area contributed by atoms with E-state index in [1.807, 2.05) is 27.5 Å². The number of hydrogen-bond acceptors (Lipinski definition) is 4. The van der Waals surface area contributed by atoms with E-state index in [2.05, 4.69) is 53.5 Å². The lowest BCUT2D eigenvalue weighted by Gasteiger charge is -2.13. The third-order valence-corrected chi connectivity index (χ3v) is 6.31. The van der Waals surface area contributed by atoms with Crippen molar-refractivity contribution in [3.63, 3.8) is 0 Å². The van der Waals surface area contributed by atoms with Gasteiger partial charge in [0.1, 0.15) is 0 Å². The van der Waals surface area contributed by atoms with E-state index in [-0.39, 0.29) is 0 Å². The Hall–Kier alpha value is -2.99. The van der Waals surface area contributed by atoms with Gasteiger partial charge in [0.15, 0.2) is 11.5 Å². The van der Waals surface area contributed by atoms with E-state index in [1.165, 1.54) is 50.0 Å². The molecule has 1 saturated heterocycles. The van der Waals surface area contributed by atoms with E-state index >= 15 is 0 Å². The summed E-state index contributed by atoms with van der Waals surface area (Å²) in [6.45, 7) is 6.88. The van der Waals surface area contributed by atoms with Crippen LogP contribution in [0.5, 0.6) is 0 Å². The number of likely N-dealkylation sites (tertiary alicyclic amines) is 1. The highest BCUT2D eigenvalue weighted by Crippen LogP contribution is 2.20. The molecule has 4 heterocycles. The highest BCUT2D eigenvalue weighted by Gasteiger charge is 2.12. The van der Waals surface area contributed by atoms with Crippen molar-refractivity contribution in [1.82, 2.24) is 29.3 Å². The molecule has 0 unspecified atom stereocenters. The molecule has 32 heavy (non-hydrogen) atoms. The zero-order valence-corrected chi connectivity index (χ0v) is 19.0. The van der Waals surface area contributed by atoms with Crippen LogP contribution in [0.15, 0.2) is 54.9 Å². The summed E-state index contributed by atoms with van der Waals surface area (Å²) in [5.74, 6) is 0.847. The Morgan fingerprint density at radius 2 is 1.75 bits per heavy atom. The van der Waals surface area contributed by atoms with Gasteiger partial charge in [-0.15, -0.1) is 0 Å². The summed E-state index contributed by atoms with van der Waals surface area (Å²) in [7, 11) is 0. The van der Waals surface area contributed by atoms with Gasteiger partial charge < -0.3 is 4.90 Å². The second-order valence-electron chi connectivity index (χ2n) is 8.85. The van der Waals surface area contributed by atoms with Crippen LogP contribution < -0.4 is 0 Å². The molecule has 1 aromatic carbocycles. The summed E-state index contributed by atoms with van der Waals surface area (Å²) in [4.78, 5) is 7.36. The molecule has 1 aliphatic rings. The second kappa shape index (κ2) is 9.65. The molecule has 6 nitrogen and oxygen atoms in total. The number of benzene rings is 1. The molecule has 0 spiro atoms. The number of fused-ring (bicyclic) bond motifs is 1. The van der Waals surface area contributed by atoms with Crippen molar-refractivity contribution in [2.75, 3.05) is 19.6 Å². The molecule has 1 fully saturated rings. The van der Waals surface area contributed by atoms with Gasteiger partial charge in [-0.2, -0.15) is 10.2 Å². The molecule has 0 aliphatic carbocycles. The molecular weight excluding hydrogens is 396 g/mol. The van der Waals surface area contributed by atoms with E-state index in [0.29, 0.717) is 0 Å². The number of aryl methyl sites for hydroxylation is 2. The fourth-order valence-electron chi connectivity index (χ4n) is 4.61. The lowest BCUT2D eigenvalue weighted by Crippen LogP contribution is -2.20. The molecule has 5 rings (SSSR count). The number of hydrogen-bond donors (Lipinski definition) is 0. The van der Waals surface area contributed by atoms with E-state index in [0.717, 1.165) is 48.5 Å². The lowest BCUT2D eigenvalue weighted by molar-refractivity contribution is 0.334. The molecule has 0 radical (unpaired) electrons. The van der Waals surface area contributed by atoms with Crippen molar-refractivity contribution in [3.8, 4) is 11.3 Å².